The van der Waals surface area contributed by atoms with Gasteiger partial charge in [0.25, 0.3) is 0 Å². The van der Waals surface area contributed by atoms with Gasteiger partial charge < -0.3 is 19.4 Å². The number of aliphatic hydroxyl groups excluding tert-OH is 2. The number of hydrogen-bond donors (Lipinski definition) is 2. The van der Waals surface area contributed by atoms with Crippen LogP contribution >= 0.6 is 0 Å². The standard InChI is InChI=1S/C26H56NO3/c1-5-6-7-8-9-10-11-12-13-14-15-16-17-18-23-30-25-26(19-21-28,20-22-29)24-27(2,3)4/h28-29H,5-25H2,1-4H3/q+1. The maximum absolute atomic E-state index is 9.52. The first-order valence-electron chi connectivity index (χ1n) is 13.0. The Kier molecular flexibility index (Phi) is 19.4. The molecule has 4 heteroatoms. The Bertz CT molecular complexity index is 349. The lowest BCUT2D eigenvalue weighted by Gasteiger charge is -2.38. The third-order valence-corrected chi connectivity index (χ3v) is 6.14. The summed E-state index contributed by atoms with van der Waals surface area (Å²) >= 11 is 0. The van der Waals surface area contributed by atoms with Crippen LogP contribution in [0.25, 0.3) is 0 Å². The zero-order valence-electron chi connectivity index (χ0n) is 21.1. The van der Waals surface area contributed by atoms with E-state index >= 15 is 0 Å². The number of quaternary nitrogens is 1. The lowest BCUT2D eigenvalue weighted by molar-refractivity contribution is -0.877. The number of hydrogen-bond acceptors (Lipinski definition) is 3. The first kappa shape index (κ1) is 29.8. The first-order valence-corrected chi connectivity index (χ1v) is 13.0. The van der Waals surface area contributed by atoms with Gasteiger partial charge in [-0.2, -0.15) is 0 Å². The smallest absolute Gasteiger partial charge is 0.0861 e. The van der Waals surface area contributed by atoms with Crippen LogP contribution in [0.1, 0.15) is 110 Å². The highest BCUT2D eigenvalue weighted by Crippen LogP contribution is 2.29. The Morgan fingerprint density at radius 2 is 1.03 bits per heavy atom. The summed E-state index contributed by atoms with van der Waals surface area (Å²) in [5.41, 5.74) is -0.127. The van der Waals surface area contributed by atoms with Crippen LogP contribution < -0.4 is 0 Å². The van der Waals surface area contributed by atoms with E-state index in [-0.39, 0.29) is 18.6 Å². The molecule has 0 heterocycles. The molecule has 0 bridgehead atoms. The van der Waals surface area contributed by atoms with Gasteiger partial charge in [0, 0.05) is 25.2 Å². The molecule has 0 spiro atoms. The van der Waals surface area contributed by atoms with Gasteiger partial charge in [0.05, 0.1) is 34.3 Å². The summed E-state index contributed by atoms with van der Waals surface area (Å²) in [4.78, 5) is 0. The van der Waals surface area contributed by atoms with E-state index in [0.717, 1.165) is 24.1 Å². The predicted molar refractivity (Wildman–Crippen MR) is 130 cm³/mol. The zero-order valence-corrected chi connectivity index (χ0v) is 21.1. The topological polar surface area (TPSA) is 49.7 Å². The minimum absolute atomic E-state index is 0.127. The van der Waals surface area contributed by atoms with E-state index in [0.29, 0.717) is 19.4 Å². The second-order valence-electron chi connectivity index (χ2n) is 10.5. The van der Waals surface area contributed by atoms with Crippen molar-refractivity contribution in [2.45, 2.75) is 110 Å². The molecule has 4 nitrogen and oxygen atoms in total. The van der Waals surface area contributed by atoms with Crippen LogP contribution in [-0.2, 0) is 4.74 Å². The highest BCUT2D eigenvalue weighted by molar-refractivity contribution is 4.79. The molecular weight excluding hydrogens is 374 g/mol. The van der Waals surface area contributed by atoms with Gasteiger partial charge in [0.2, 0.25) is 0 Å². The molecule has 30 heavy (non-hydrogen) atoms. The summed E-state index contributed by atoms with van der Waals surface area (Å²) in [5, 5.41) is 19.0. The minimum Gasteiger partial charge on any atom is -0.396 e. The van der Waals surface area contributed by atoms with Gasteiger partial charge in [-0.25, -0.2) is 0 Å². The maximum atomic E-state index is 9.52. The number of ether oxygens (including phenoxy) is 1. The van der Waals surface area contributed by atoms with Crippen LogP contribution in [0, 0.1) is 5.41 Å². The lowest BCUT2D eigenvalue weighted by atomic mass is 9.81. The van der Waals surface area contributed by atoms with Crippen molar-refractivity contribution in [3.8, 4) is 0 Å². The fourth-order valence-electron chi connectivity index (χ4n) is 4.64. The van der Waals surface area contributed by atoms with E-state index in [9.17, 15) is 10.2 Å². The van der Waals surface area contributed by atoms with Gasteiger partial charge in [-0.05, 0) is 19.3 Å². The van der Waals surface area contributed by atoms with Crippen LogP contribution in [-0.4, -0.2) is 68.8 Å². The number of rotatable bonds is 23. The van der Waals surface area contributed by atoms with Gasteiger partial charge in [-0.3, -0.25) is 0 Å². The van der Waals surface area contributed by atoms with E-state index in [1.165, 1.54) is 83.5 Å². The van der Waals surface area contributed by atoms with Crippen molar-refractivity contribution in [3.05, 3.63) is 0 Å². The molecular formula is C26H56NO3+. The van der Waals surface area contributed by atoms with E-state index in [4.69, 9.17) is 4.74 Å². The highest BCUT2D eigenvalue weighted by Gasteiger charge is 2.35. The van der Waals surface area contributed by atoms with Gasteiger partial charge in [-0.15, -0.1) is 0 Å². The van der Waals surface area contributed by atoms with E-state index in [1.807, 2.05) is 0 Å². The third kappa shape index (κ3) is 18.6. The van der Waals surface area contributed by atoms with Crippen molar-refractivity contribution < 1.29 is 19.4 Å². The molecule has 0 saturated carbocycles. The summed E-state index contributed by atoms with van der Waals surface area (Å²) in [6.45, 7) is 4.94. The Hall–Kier alpha value is -0.160. The number of nitrogens with zero attached hydrogens (tertiary/aromatic N) is 1. The highest BCUT2D eigenvalue weighted by atomic mass is 16.5. The largest absolute Gasteiger partial charge is 0.396 e. The molecule has 0 fully saturated rings. The second kappa shape index (κ2) is 19.5. The Morgan fingerprint density at radius 3 is 1.40 bits per heavy atom. The van der Waals surface area contributed by atoms with Crippen molar-refractivity contribution in [1.29, 1.82) is 0 Å². The van der Waals surface area contributed by atoms with E-state index in [2.05, 4.69) is 28.1 Å². The zero-order chi connectivity index (χ0) is 22.6. The maximum Gasteiger partial charge on any atom is 0.0861 e. The van der Waals surface area contributed by atoms with Crippen LogP contribution in [0.2, 0.25) is 0 Å². The minimum atomic E-state index is -0.127. The predicted octanol–water partition coefficient (Wildman–Crippen LogP) is 5.94. The van der Waals surface area contributed by atoms with Crippen LogP contribution in [0.4, 0.5) is 0 Å². The number of unbranched alkanes of at least 4 members (excludes halogenated alkanes) is 13. The molecule has 2 N–H and O–H groups in total. The fraction of sp³-hybridized carbons (Fsp3) is 1.00. The monoisotopic (exact) mass is 430 g/mol. The molecule has 0 atom stereocenters. The molecule has 0 aromatic heterocycles. The van der Waals surface area contributed by atoms with Crippen molar-refractivity contribution in [2.75, 3.05) is 54.1 Å². The molecule has 0 aliphatic carbocycles. The molecule has 0 unspecified atom stereocenters. The third-order valence-electron chi connectivity index (χ3n) is 6.14. The summed E-state index contributed by atoms with van der Waals surface area (Å²) in [7, 11) is 6.49. The molecule has 0 rings (SSSR count). The molecule has 0 aromatic rings. The Balaban J connectivity index is 3.67. The summed E-state index contributed by atoms with van der Waals surface area (Å²) in [5.74, 6) is 0. The molecule has 0 amide bonds. The quantitative estimate of drug-likeness (QED) is 0.156. The van der Waals surface area contributed by atoms with Crippen LogP contribution in [0.3, 0.4) is 0 Å². The first-order chi connectivity index (χ1) is 14.4. The van der Waals surface area contributed by atoms with Crippen molar-refractivity contribution in [2.24, 2.45) is 5.41 Å². The van der Waals surface area contributed by atoms with Gasteiger partial charge in [-0.1, -0.05) is 90.4 Å². The molecule has 0 radical (unpaired) electrons. The lowest BCUT2D eigenvalue weighted by Crippen LogP contribution is -2.48. The van der Waals surface area contributed by atoms with Gasteiger partial charge >= 0.3 is 0 Å². The normalized spacial score (nSPS) is 12.6. The van der Waals surface area contributed by atoms with Crippen molar-refractivity contribution in [1.82, 2.24) is 0 Å². The summed E-state index contributed by atoms with van der Waals surface area (Å²) in [6.07, 6.45) is 20.6. The van der Waals surface area contributed by atoms with E-state index < -0.39 is 0 Å². The summed E-state index contributed by atoms with van der Waals surface area (Å²) < 4.78 is 6.85. The summed E-state index contributed by atoms with van der Waals surface area (Å²) in [6, 6.07) is 0. The fourth-order valence-corrected chi connectivity index (χ4v) is 4.64. The number of aliphatic hydroxyl groups is 2. The Labute approximate surface area is 189 Å². The molecule has 0 aliphatic heterocycles. The van der Waals surface area contributed by atoms with Crippen molar-refractivity contribution in [3.63, 3.8) is 0 Å². The second-order valence-corrected chi connectivity index (χ2v) is 10.5. The molecule has 0 aliphatic rings. The van der Waals surface area contributed by atoms with Crippen LogP contribution in [0.15, 0.2) is 0 Å². The molecule has 0 saturated heterocycles. The molecule has 0 aromatic carbocycles. The van der Waals surface area contributed by atoms with Crippen LogP contribution in [0.5, 0.6) is 0 Å². The van der Waals surface area contributed by atoms with Gasteiger partial charge in [0.15, 0.2) is 0 Å². The van der Waals surface area contributed by atoms with Gasteiger partial charge in [0.1, 0.15) is 0 Å². The molecule has 182 valence electrons. The SMILES string of the molecule is CCCCCCCCCCCCCCCCOCC(CCO)(CCO)C[N+](C)(C)C. The van der Waals surface area contributed by atoms with Crippen molar-refractivity contribution >= 4 is 0 Å². The Morgan fingerprint density at radius 1 is 0.633 bits per heavy atom. The van der Waals surface area contributed by atoms with E-state index in [1.54, 1.807) is 0 Å². The average molecular weight is 431 g/mol. The average Bonchev–Trinajstić information content (AvgIpc) is 2.67.